The molecule has 0 aliphatic carbocycles. The molecule has 0 aromatic carbocycles. The molecule has 1 atom stereocenters. The summed E-state index contributed by atoms with van der Waals surface area (Å²) in [5.41, 5.74) is 2.84. The Morgan fingerprint density at radius 1 is 1.48 bits per heavy atom. The van der Waals surface area contributed by atoms with Gasteiger partial charge in [-0.05, 0) is 31.9 Å². The number of nitrogens with one attached hydrogen (secondary N) is 1. The highest BCUT2D eigenvalue weighted by Crippen LogP contribution is 2.32. The SMILES string of the molecule is CN1CCc2c(C#N)c(N(C)CCO)nc(NCC3CCCO3)c2C1. The minimum atomic E-state index is 0.0293. The summed E-state index contributed by atoms with van der Waals surface area (Å²) in [4.78, 5) is 8.87. The van der Waals surface area contributed by atoms with E-state index in [1.54, 1.807) is 0 Å². The largest absolute Gasteiger partial charge is 0.395 e. The number of aromatic nitrogens is 1. The van der Waals surface area contributed by atoms with E-state index in [2.05, 4.69) is 23.3 Å². The first kappa shape index (κ1) is 17.9. The summed E-state index contributed by atoms with van der Waals surface area (Å²) in [6.45, 7) is 3.76. The number of hydrogen-bond donors (Lipinski definition) is 2. The Hall–Kier alpha value is -1.88. The molecular formula is C18H27N5O2. The van der Waals surface area contributed by atoms with E-state index in [1.807, 2.05) is 11.9 Å². The van der Waals surface area contributed by atoms with Gasteiger partial charge in [0.05, 0.1) is 18.3 Å². The number of rotatable bonds is 6. The minimum absolute atomic E-state index is 0.0293. The van der Waals surface area contributed by atoms with Crippen LogP contribution in [0, 0.1) is 11.3 Å². The molecule has 1 fully saturated rings. The van der Waals surface area contributed by atoms with Crippen LogP contribution in [0.25, 0.3) is 0 Å². The smallest absolute Gasteiger partial charge is 0.149 e. The van der Waals surface area contributed by atoms with Crippen molar-refractivity contribution in [2.75, 3.05) is 57.2 Å². The number of ether oxygens (including phenoxy) is 1. The van der Waals surface area contributed by atoms with Crippen molar-refractivity contribution in [2.24, 2.45) is 0 Å². The van der Waals surface area contributed by atoms with Gasteiger partial charge in [-0.3, -0.25) is 0 Å². The molecule has 2 N–H and O–H groups in total. The average Bonchev–Trinajstić information content (AvgIpc) is 3.12. The van der Waals surface area contributed by atoms with Crippen molar-refractivity contribution in [3.8, 4) is 6.07 Å². The molecule has 1 aromatic rings. The molecular weight excluding hydrogens is 318 g/mol. The summed E-state index contributed by atoms with van der Waals surface area (Å²) >= 11 is 0. The maximum absolute atomic E-state index is 9.72. The standard InChI is InChI=1S/C18H27N5O2/c1-22-6-5-14-15(10-19)18(23(2)7-8-24)21-17(16(14)12-22)20-11-13-4-3-9-25-13/h13,24H,3-9,11-12H2,1-2H3,(H,20,21). The molecule has 0 spiro atoms. The van der Waals surface area contributed by atoms with Gasteiger partial charge in [0.15, 0.2) is 0 Å². The van der Waals surface area contributed by atoms with E-state index in [9.17, 15) is 10.4 Å². The maximum Gasteiger partial charge on any atom is 0.149 e. The molecule has 136 valence electrons. The lowest BCUT2D eigenvalue weighted by atomic mass is 9.95. The maximum atomic E-state index is 9.72. The second-order valence-corrected chi connectivity index (χ2v) is 6.88. The highest BCUT2D eigenvalue weighted by Gasteiger charge is 2.26. The summed E-state index contributed by atoms with van der Waals surface area (Å²) < 4.78 is 5.70. The van der Waals surface area contributed by atoms with Gasteiger partial charge < -0.3 is 25.0 Å². The van der Waals surface area contributed by atoms with Crippen LogP contribution in [-0.4, -0.2) is 68.0 Å². The average molecular weight is 345 g/mol. The quantitative estimate of drug-likeness (QED) is 0.794. The fourth-order valence-corrected chi connectivity index (χ4v) is 3.57. The zero-order valence-electron chi connectivity index (χ0n) is 15.1. The normalized spacial score (nSPS) is 20.2. The lowest BCUT2D eigenvalue weighted by Gasteiger charge is -2.30. The van der Waals surface area contributed by atoms with Gasteiger partial charge in [0, 0.05) is 45.4 Å². The van der Waals surface area contributed by atoms with Crippen molar-refractivity contribution in [3.63, 3.8) is 0 Å². The fraction of sp³-hybridized carbons (Fsp3) is 0.667. The highest BCUT2D eigenvalue weighted by molar-refractivity contribution is 5.66. The van der Waals surface area contributed by atoms with Crippen LogP contribution in [0.1, 0.15) is 29.5 Å². The zero-order valence-corrected chi connectivity index (χ0v) is 15.1. The summed E-state index contributed by atoms with van der Waals surface area (Å²) in [5, 5.41) is 22.4. The number of fused-ring (bicyclic) bond motifs is 1. The van der Waals surface area contributed by atoms with Crippen molar-refractivity contribution >= 4 is 11.6 Å². The third-order valence-electron chi connectivity index (χ3n) is 4.99. The Morgan fingerprint density at radius 2 is 2.32 bits per heavy atom. The predicted molar refractivity (Wildman–Crippen MR) is 96.8 cm³/mol. The van der Waals surface area contributed by atoms with Crippen LogP contribution in [0.3, 0.4) is 0 Å². The first-order valence-corrected chi connectivity index (χ1v) is 8.96. The van der Waals surface area contributed by atoms with Crippen molar-refractivity contribution < 1.29 is 9.84 Å². The molecule has 2 aliphatic rings. The van der Waals surface area contributed by atoms with Crippen LogP contribution < -0.4 is 10.2 Å². The van der Waals surface area contributed by atoms with Gasteiger partial charge in [-0.15, -0.1) is 0 Å². The van der Waals surface area contributed by atoms with Crippen LogP contribution in [0.2, 0.25) is 0 Å². The Bertz CT molecular complexity index is 652. The second kappa shape index (κ2) is 8.00. The van der Waals surface area contributed by atoms with E-state index in [0.29, 0.717) is 17.9 Å². The molecule has 1 unspecified atom stereocenters. The Morgan fingerprint density at radius 3 is 3.00 bits per heavy atom. The van der Waals surface area contributed by atoms with Crippen molar-refractivity contribution in [1.29, 1.82) is 5.26 Å². The third kappa shape index (κ3) is 3.87. The van der Waals surface area contributed by atoms with Gasteiger partial charge in [-0.25, -0.2) is 4.98 Å². The molecule has 3 heterocycles. The number of anilines is 2. The molecule has 7 nitrogen and oxygen atoms in total. The molecule has 1 aromatic heterocycles. The van der Waals surface area contributed by atoms with E-state index in [1.165, 1.54) is 0 Å². The van der Waals surface area contributed by atoms with Crippen LogP contribution in [0.4, 0.5) is 11.6 Å². The third-order valence-corrected chi connectivity index (χ3v) is 4.99. The van der Waals surface area contributed by atoms with Crippen LogP contribution in [-0.2, 0) is 17.7 Å². The van der Waals surface area contributed by atoms with Gasteiger partial charge in [-0.2, -0.15) is 5.26 Å². The van der Waals surface area contributed by atoms with E-state index in [0.717, 1.165) is 62.4 Å². The number of aliphatic hydroxyl groups excluding tert-OH is 1. The molecule has 0 saturated carbocycles. The molecule has 0 radical (unpaired) electrons. The molecule has 3 rings (SSSR count). The van der Waals surface area contributed by atoms with Gasteiger partial charge in [0.1, 0.15) is 17.7 Å². The molecule has 0 amide bonds. The molecule has 25 heavy (non-hydrogen) atoms. The number of hydrogen-bond acceptors (Lipinski definition) is 7. The van der Waals surface area contributed by atoms with E-state index < -0.39 is 0 Å². The van der Waals surface area contributed by atoms with Crippen molar-refractivity contribution in [1.82, 2.24) is 9.88 Å². The Balaban J connectivity index is 1.96. The first-order valence-electron chi connectivity index (χ1n) is 8.96. The molecule has 0 bridgehead atoms. The minimum Gasteiger partial charge on any atom is -0.395 e. The van der Waals surface area contributed by atoms with Crippen molar-refractivity contribution in [3.05, 3.63) is 16.7 Å². The lowest BCUT2D eigenvalue weighted by Crippen LogP contribution is -2.31. The van der Waals surface area contributed by atoms with Crippen LogP contribution in [0.15, 0.2) is 0 Å². The van der Waals surface area contributed by atoms with Gasteiger partial charge >= 0.3 is 0 Å². The second-order valence-electron chi connectivity index (χ2n) is 6.88. The zero-order chi connectivity index (χ0) is 17.8. The first-order chi connectivity index (χ1) is 12.1. The number of nitriles is 1. The fourth-order valence-electron chi connectivity index (χ4n) is 3.57. The number of nitrogens with zero attached hydrogens (tertiary/aromatic N) is 4. The van der Waals surface area contributed by atoms with Crippen molar-refractivity contribution in [2.45, 2.75) is 31.9 Å². The van der Waals surface area contributed by atoms with E-state index >= 15 is 0 Å². The molecule has 7 heteroatoms. The lowest BCUT2D eigenvalue weighted by molar-refractivity contribution is 0.120. The number of pyridine rings is 1. The monoisotopic (exact) mass is 345 g/mol. The summed E-state index contributed by atoms with van der Waals surface area (Å²) in [6, 6.07) is 2.35. The molecule has 2 aliphatic heterocycles. The summed E-state index contributed by atoms with van der Waals surface area (Å²) in [5.74, 6) is 1.49. The Labute approximate surface area is 149 Å². The van der Waals surface area contributed by atoms with Gasteiger partial charge in [0.25, 0.3) is 0 Å². The van der Waals surface area contributed by atoms with Crippen LogP contribution in [0.5, 0.6) is 0 Å². The number of aliphatic hydroxyl groups is 1. The highest BCUT2D eigenvalue weighted by atomic mass is 16.5. The summed E-state index contributed by atoms with van der Waals surface area (Å²) in [6.07, 6.45) is 3.25. The Kier molecular flexibility index (Phi) is 5.74. The van der Waals surface area contributed by atoms with Gasteiger partial charge in [-0.1, -0.05) is 0 Å². The predicted octanol–water partition coefficient (Wildman–Crippen LogP) is 0.961. The van der Waals surface area contributed by atoms with E-state index in [-0.39, 0.29) is 12.7 Å². The van der Waals surface area contributed by atoms with E-state index in [4.69, 9.17) is 9.72 Å². The topological polar surface area (TPSA) is 84.7 Å². The van der Waals surface area contributed by atoms with Gasteiger partial charge in [0.2, 0.25) is 0 Å². The summed E-state index contributed by atoms with van der Waals surface area (Å²) in [7, 11) is 3.95. The number of likely N-dealkylation sites (N-methyl/N-ethyl adjacent to an activating group) is 2. The van der Waals surface area contributed by atoms with Crippen LogP contribution >= 0.6 is 0 Å². The molecule has 1 saturated heterocycles.